The summed E-state index contributed by atoms with van der Waals surface area (Å²) in [5, 5.41) is 6.08. The number of aryl methyl sites for hydroxylation is 1. The summed E-state index contributed by atoms with van der Waals surface area (Å²) in [7, 11) is -2.27. The van der Waals surface area contributed by atoms with Crippen LogP contribution in [0.15, 0.2) is 36.7 Å². The van der Waals surface area contributed by atoms with Gasteiger partial charge in [-0.05, 0) is 56.4 Å². The molecule has 37 heavy (non-hydrogen) atoms. The smallest absolute Gasteiger partial charge is 0.278 e. The van der Waals surface area contributed by atoms with Gasteiger partial charge in [0.05, 0.1) is 35.5 Å². The standard InChI is InChI=1S/C24H28FN7O4S/c1-5-36-31-24(33)17-13-27-23(30-22-8-9-26-14(2)28-22)12-19(17)29-20-11-18(25)16(15-6-7-15)10-21(20)32(3)37(4,34)35/h8-13,15H,5-7H2,1-4H3,(H,31,33)(H2,26,27,28,29,30). The number of hydrogen-bond acceptors (Lipinski definition) is 9. The average molecular weight is 530 g/mol. The van der Waals surface area contributed by atoms with Crippen LogP contribution in [0.3, 0.4) is 0 Å². The fourth-order valence-electron chi connectivity index (χ4n) is 3.63. The summed E-state index contributed by atoms with van der Waals surface area (Å²) in [6.07, 6.45) is 5.66. The molecule has 0 unspecified atom stereocenters. The molecule has 3 N–H and O–H groups in total. The Labute approximate surface area is 214 Å². The van der Waals surface area contributed by atoms with E-state index >= 15 is 4.39 Å². The number of carbonyl (C=O) groups excluding carboxylic acids is 1. The number of anilines is 5. The van der Waals surface area contributed by atoms with Gasteiger partial charge in [0, 0.05) is 25.5 Å². The van der Waals surface area contributed by atoms with Gasteiger partial charge in [-0.1, -0.05) is 0 Å². The summed E-state index contributed by atoms with van der Waals surface area (Å²) < 4.78 is 40.9. The average Bonchev–Trinajstić information content (AvgIpc) is 3.67. The first-order chi connectivity index (χ1) is 17.6. The van der Waals surface area contributed by atoms with Crippen LogP contribution < -0.4 is 20.4 Å². The summed E-state index contributed by atoms with van der Waals surface area (Å²) in [4.78, 5) is 30.5. The lowest BCUT2D eigenvalue weighted by atomic mass is 10.1. The molecular formula is C24H28FN7O4S. The van der Waals surface area contributed by atoms with E-state index in [2.05, 4.69) is 31.1 Å². The van der Waals surface area contributed by atoms with Gasteiger partial charge in [0.25, 0.3) is 5.91 Å². The molecule has 1 aliphatic rings. The topological polar surface area (TPSA) is 138 Å². The van der Waals surface area contributed by atoms with Gasteiger partial charge in [0.2, 0.25) is 10.0 Å². The van der Waals surface area contributed by atoms with E-state index in [4.69, 9.17) is 4.84 Å². The van der Waals surface area contributed by atoms with Crippen molar-refractivity contribution in [1.82, 2.24) is 20.4 Å². The number of pyridine rings is 1. The van der Waals surface area contributed by atoms with Crippen molar-refractivity contribution in [2.75, 3.05) is 34.8 Å². The molecule has 0 radical (unpaired) electrons. The summed E-state index contributed by atoms with van der Waals surface area (Å²) in [6.45, 7) is 3.70. The fraction of sp³-hybridized carbons (Fsp3) is 0.333. The van der Waals surface area contributed by atoms with Gasteiger partial charge in [-0.3, -0.25) is 13.9 Å². The van der Waals surface area contributed by atoms with Gasteiger partial charge in [-0.25, -0.2) is 33.2 Å². The first-order valence-electron chi connectivity index (χ1n) is 11.6. The zero-order valence-corrected chi connectivity index (χ0v) is 21.7. The molecule has 1 aliphatic carbocycles. The summed E-state index contributed by atoms with van der Waals surface area (Å²) in [5.41, 5.74) is 3.52. The number of aromatic nitrogens is 3. The molecule has 1 amide bonds. The van der Waals surface area contributed by atoms with Gasteiger partial charge in [0.15, 0.2) is 0 Å². The number of sulfonamides is 1. The largest absolute Gasteiger partial charge is 0.353 e. The van der Waals surface area contributed by atoms with Crippen LogP contribution in [0.4, 0.5) is 33.1 Å². The van der Waals surface area contributed by atoms with Gasteiger partial charge < -0.3 is 10.6 Å². The molecule has 4 rings (SSSR count). The van der Waals surface area contributed by atoms with Crippen LogP contribution in [0.2, 0.25) is 0 Å². The zero-order chi connectivity index (χ0) is 26.7. The molecule has 1 saturated carbocycles. The number of rotatable bonds is 10. The van der Waals surface area contributed by atoms with E-state index in [1.165, 1.54) is 25.4 Å². The zero-order valence-electron chi connectivity index (χ0n) is 20.9. The molecule has 1 fully saturated rings. The number of nitrogens with zero attached hydrogens (tertiary/aromatic N) is 4. The second-order valence-electron chi connectivity index (χ2n) is 8.61. The molecule has 0 saturated heterocycles. The molecule has 2 heterocycles. The Morgan fingerprint density at radius 3 is 2.57 bits per heavy atom. The molecule has 2 aromatic heterocycles. The predicted octanol–water partition coefficient (Wildman–Crippen LogP) is 3.76. The molecule has 0 aliphatic heterocycles. The van der Waals surface area contributed by atoms with Crippen LogP contribution in [0.25, 0.3) is 0 Å². The highest BCUT2D eigenvalue weighted by atomic mass is 32.2. The number of carbonyl (C=O) groups is 1. The van der Waals surface area contributed by atoms with Crippen molar-refractivity contribution < 1.29 is 22.4 Å². The van der Waals surface area contributed by atoms with Gasteiger partial charge in [-0.15, -0.1) is 0 Å². The van der Waals surface area contributed by atoms with Crippen molar-refractivity contribution in [2.45, 2.75) is 32.6 Å². The molecule has 0 bridgehead atoms. The lowest BCUT2D eigenvalue weighted by molar-refractivity contribution is 0.0365. The van der Waals surface area contributed by atoms with Gasteiger partial charge in [0.1, 0.15) is 23.3 Å². The SMILES string of the molecule is CCONC(=O)c1cnc(Nc2ccnc(C)n2)cc1Nc1cc(F)c(C2CC2)cc1N(C)S(C)(=O)=O. The number of nitrogens with one attached hydrogen (secondary N) is 3. The highest BCUT2D eigenvalue weighted by Gasteiger charge is 2.29. The Morgan fingerprint density at radius 1 is 1.16 bits per heavy atom. The third kappa shape index (κ3) is 6.30. The van der Waals surface area contributed by atoms with Crippen molar-refractivity contribution in [3.8, 4) is 0 Å². The van der Waals surface area contributed by atoms with Crippen LogP contribution in [0.5, 0.6) is 0 Å². The van der Waals surface area contributed by atoms with Crippen LogP contribution in [0.1, 0.15) is 47.4 Å². The monoisotopic (exact) mass is 529 g/mol. The predicted molar refractivity (Wildman–Crippen MR) is 138 cm³/mol. The maximum absolute atomic E-state index is 15.1. The number of halogens is 1. The molecule has 13 heteroatoms. The van der Waals surface area contributed by atoms with Gasteiger partial charge >= 0.3 is 0 Å². The van der Waals surface area contributed by atoms with Crippen LogP contribution in [-0.4, -0.2) is 49.2 Å². The van der Waals surface area contributed by atoms with Crippen molar-refractivity contribution in [2.24, 2.45) is 0 Å². The Hall–Kier alpha value is -3.84. The number of amides is 1. The van der Waals surface area contributed by atoms with E-state index < -0.39 is 21.7 Å². The molecule has 0 atom stereocenters. The molecule has 3 aromatic rings. The maximum Gasteiger partial charge on any atom is 0.278 e. The summed E-state index contributed by atoms with van der Waals surface area (Å²) in [6, 6.07) is 5.98. The number of hydrogen-bond donors (Lipinski definition) is 3. The Morgan fingerprint density at radius 2 is 1.92 bits per heavy atom. The Balaban J connectivity index is 1.78. The minimum absolute atomic E-state index is 0.0568. The minimum Gasteiger partial charge on any atom is -0.353 e. The first-order valence-corrected chi connectivity index (χ1v) is 13.4. The van der Waals surface area contributed by atoms with Crippen molar-refractivity contribution in [1.29, 1.82) is 0 Å². The second kappa shape index (κ2) is 10.6. The summed E-state index contributed by atoms with van der Waals surface area (Å²) in [5.74, 6) is 0.378. The Bertz CT molecular complexity index is 1430. The normalized spacial score (nSPS) is 13.2. The van der Waals surface area contributed by atoms with Crippen LogP contribution in [-0.2, 0) is 14.9 Å². The van der Waals surface area contributed by atoms with E-state index in [0.717, 1.165) is 23.4 Å². The molecule has 0 spiro atoms. The third-order valence-corrected chi connectivity index (χ3v) is 6.92. The van der Waals surface area contributed by atoms with E-state index in [1.807, 2.05) is 0 Å². The van der Waals surface area contributed by atoms with E-state index in [9.17, 15) is 13.2 Å². The molecule has 11 nitrogen and oxygen atoms in total. The second-order valence-corrected chi connectivity index (χ2v) is 10.6. The van der Waals surface area contributed by atoms with Crippen molar-refractivity contribution in [3.63, 3.8) is 0 Å². The van der Waals surface area contributed by atoms with Crippen molar-refractivity contribution >= 4 is 44.6 Å². The van der Waals surface area contributed by atoms with E-state index in [0.29, 0.717) is 23.0 Å². The molecule has 196 valence electrons. The van der Waals surface area contributed by atoms with Crippen LogP contribution >= 0.6 is 0 Å². The lowest BCUT2D eigenvalue weighted by Gasteiger charge is -2.23. The third-order valence-electron chi connectivity index (χ3n) is 5.73. The highest BCUT2D eigenvalue weighted by Crippen LogP contribution is 2.45. The molecule has 1 aromatic carbocycles. The first kappa shape index (κ1) is 26.2. The lowest BCUT2D eigenvalue weighted by Crippen LogP contribution is -2.26. The minimum atomic E-state index is -3.66. The van der Waals surface area contributed by atoms with Crippen LogP contribution in [0, 0.1) is 12.7 Å². The number of benzene rings is 1. The highest BCUT2D eigenvalue weighted by molar-refractivity contribution is 7.92. The molecular weight excluding hydrogens is 501 g/mol. The fourth-order valence-corrected chi connectivity index (χ4v) is 4.14. The quantitative estimate of drug-likeness (QED) is 0.335. The van der Waals surface area contributed by atoms with Gasteiger partial charge in [-0.2, -0.15) is 0 Å². The van der Waals surface area contributed by atoms with E-state index in [1.54, 1.807) is 32.2 Å². The van der Waals surface area contributed by atoms with Crippen molar-refractivity contribution in [3.05, 3.63) is 59.4 Å². The number of hydroxylamine groups is 1. The summed E-state index contributed by atoms with van der Waals surface area (Å²) >= 11 is 0. The van der Waals surface area contributed by atoms with E-state index in [-0.39, 0.29) is 35.2 Å². The maximum atomic E-state index is 15.1. The Kier molecular flexibility index (Phi) is 7.55.